The SMILES string of the molecule is CCCCNC(=S)N1CCN(S(=O)(=O)c2ccccc2C(F)(F)F)CC1. The molecule has 0 saturated carbocycles. The molecule has 26 heavy (non-hydrogen) atoms. The topological polar surface area (TPSA) is 52.6 Å². The Balaban J connectivity index is 2.08. The van der Waals surface area contributed by atoms with E-state index in [0.717, 1.165) is 35.8 Å². The van der Waals surface area contributed by atoms with Gasteiger partial charge in [0.2, 0.25) is 10.0 Å². The number of sulfonamides is 1. The van der Waals surface area contributed by atoms with Crippen molar-refractivity contribution in [1.29, 1.82) is 0 Å². The highest BCUT2D eigenvalue weighted by Crippen LogP contribution is 2.35. The Labute approximate surface area is 157 Å². The number of hydrogen-bond donors (Lipinski definition) is 1. The number of piperazine rings is 1. The maximum absolute atomic E-state index is 13.1. The summed E-state index contributed by atoms with van der Waals surface area (Å²) >= 11 is 5.28. The number of nitrogens with one attached hydrogen (secondary N) is 1. The fraction of sp³-hybridized carbons (Fsp3) is 0.562. The Kier molecular flexibility index (Phi) is 6.86. The van der Waals surface area contributed by atoms with Gasteiger partial charge in [0.05, 0.1) is 10.5 Å². The molecule has 0 spiro atoms. The molecular weight excluding hydrogens is 387 g/mol. The predicted molar refractivity (Wildman–Crippen MR) is 97.3 cm³/mol. The van der Waals surface area contributed by atoms with Gasteiger partial charge < -0.3 is 10.2 Å². The molecule has 0 aromatic heterocycles. The highest BCUT2D eigenvalue weighted by molar-refractivity contribution is 7.89. The molecule has 1 heterocycles. The predicted octanol–water partition coefficient (Wildman–Crippen LogP) is 2.69. The van der Waals surface area contributed by atoms with Gasteiger partial charge in [0.15, 0.2) is 5.11 Å². The van der Waals surface area contributed by atoms with Crippen molar-refractivity contribution in [2.75, 3.05) is 32.7 Å². The van der Waals surface area contributed by atoms with Gasteiger partial charge in [0.25, 0.3) is 0 Å². The Morgan fingerprint density at radius 1 is 1.19 bits per heavy atom. The zero-order chi connectivity index (χ0) is 19.4. The van der Waals surface area contributed by atoms with Crippen molar-refractivity contribution in [3.63, 3.8) is 0 Å². The smallest absolute Gasteiger partial charge is 0.363 e. The lowest BCUT2D eigenvalue weighted by molar-refractivity contribution is -0.139. The Morgan fingerprint density at radius 3 is 2.38 bits per heavy atom. The van der Waals surface area contributed by atoms with Crippen molar-refractivity contribution < 1.29 is 21.6 Å². The van der Waals surface area contributed by atoms with Gasteiger partial charge in [-0.3, -0.25) is 0 Å². The summed E-state index contributed by atoms with van der Waals surface area (Å²) in [5.41, 5.74) is -1.14. The molecule has 2 rings (SSSR count). The lowest BCUT2D eigenvalue weighted by Gasteiger charge is -2.35. The van der Waals surface area contributed by atoms with Crippen molar-refractivity contribution in [2.24, 2.45) is 0 Å². The summed E-state index contributed by atoms with van der Waals surface area (Å²) in [6, 6.07) is 4.27. The number of halogens is 3. The van der Waals surface area contributed by atoms with Crippen molar-refractivity contribution in [3.8, 4) is 0 Å². The van der Waals surface area contributed by atoms with E-state index < -0.39 is 26.7 Å². The van der Waals surface area contributed by atoms with Crippen molar-refractivity contribution >= 4 is 27.4 Å². The third-order valence-electron chi connectivity index (χ3n) is 4.14. The van der Waals surface area contributed by atoms with Crippen LogP contribution >= 0.6 is 12.2 Å². The van der Waals surface area contributed by atoms with Crippen LogP contribution in [0.4, 0.5) is 13.2 Å². The molecule has 0 amide bonds. The molecule has 5 nitrogen and oxygen atoms in total. The van der Waals surface area contributed by atoms with Gasteiger partial charge in [0, 0.05) is 32.7 Å². The van der Waals surface area contributed by atoms with E-state index >= 15 is 0 Å². The molecule has 0 radical (unpaired) electrons. The summed E-state index contributed by atoms with van der Waals surface area (Å²) in [6.07, 6.45) is -2.72. The number of hydrogen-bond acceptors (Lipinski definition) is 3. The van der Waals surface area contributed by atoms with Crippen LogP contribution in [0.1, 0.15) is 25.3 Å². The van der Waals surface area contributed by atoms with Crippen molar-refractivity contribution in [3.05, 3.63) is 29.8 Å². The summed E-state index contributed by atoms with van der Waals surface area (Å²) in [6.45, 7) is 3.66. The van der Waals surface area contributed by atoms with E-state index in [1.54, 1.807) is 0 Å². The molecule has 10 heteroatoms. The average Bonchev–Trinajstić information content (AvgIpc) is 2.61. The highest BCUT2D eigenvalue weighted by Gasteiger charge is 2.39. The largest absolute Gasteiger partial charge is 0.417 e. The molecule has 1 aliphatic rings. The zero-order valence-corrected chi connectivity index (χ0v) is 16.1. The fourth-order valence-electron chi connectivity index (χ4n) is 2.68. The van der Waals surface area contributed by atoms with E-state index in [9.17, 15) is 21.6 Å². The Morgan fingerprint density at radius 2 is 1.81 bits per heavy atom. The number of thiocarbonyl (C=S) groups is 1. The second-order valence-corrected chi connectivity index (χ2v) is 8.26. The standard InChI is InChI=1S/C16H22F3N3O2S2/c1-2-3-8-20-15(25)21-9-11-22(12-10-21)26(23,24)14-7-5-4-6-13(14)16(17,18)19/h4-7H,2-3,8-12H2,1H3,(H,20,25). The third-order valence-corrected chi connectivity index (χ3v) is 6.50. The van der Waals surface area contributed by atoms with E-state index in [-0.39, 0.29) is 13.1 Å². The summed E-state index contributed by atoms with van der Waals surface area (Å²) in [7, 11) is -4.22. The van der Waals surface area contributed by atoms with Crippen LogP contribution in [-0.4, -0.2) is 55.5 Å². The Bertz CT molecular complexity index is 731. The first-order chi connectivity index (χ1) is 12.2. The van der Waals surface area contributed by atoms with Crippen LogP contribution in [0.15, 0.2) is 29.2 Å². The number of nitrogens with zero attached hydrogens (tertiary/aromatic N) is 2. The molecule has 0 aliphatic carbocycles. The molecular formula is C16H22F3N3O2S2. The summed E-state index contributed by atoms with van der Waals surface area (Å²) < 4.78 is 65.9. The molecule has 1 aromatic carbocycles. The zero-order valence-electron chi connectivity index (χ0n) is 14.4. The normalized spacial score (nSPS) is 16.5. The third kappa shape index (κ3) is 4.86. The van der Waals surface area contributed by atoms with Gasteiger partial charge in [-0.05, 0) is 30.8 Å². The number of benzene rings is 1. The first-order valence-corrected chi connectivity index (χ1v) is 10.2. The average molecular weight is 409 g/mol. The van der Waals surface area contributed by atoms with Gasteiger partial charge in [-0.15, -0.1) is 0 Å². The van der Waals surface area contributed by atoms with Gasteiger partial charge >= 0.3 is 6.18 Å². The maximum Gasteiger partial charge on any atom is 0.417 e. The second kappa shape index (κ2) is 8.53. The van der Waals surface area contributed by atoms with E-state index in [0.29, 0.717) is 18.2 Å². The quantitative estimate of drug-likeness (QED) is 0.599. The van der Waals surface area contributed by atoms with Gasteiger partial charge in [-0.1, -0.05) is 25.5 Å². The number of alkyl halides is 3. The highest BCUT2D eigenvalue weighted by atomic mass is 32.2. The van der Waals surface area contributed by atoms with Crippen LogP contribution in [0.2, 0.25) is 0 Å². The van der Waals surface area contributed by atoms with Crippen LogP contribution in [0.5, 0.6) is 0 Å². The van der Waals surface area contributed by atoms with Crippen LogP contribution in [0.3, 0.4) is 0 Å². The molecule has 1 aliphatic heterocycles. The van der Waals surface area contributed by atoms with Crippen LogP contribution in [-0.2, 0) is 16.2 Å². The van der Waals surface area contributed by atoms with Crippen LogP contribution < -0.4 is 5.32 Å². The summed E-state index contributed by atoms with van der Waals surface area (Å²) in [5.74, 6) is 0. The number of unbranched alkanes of at least 4 members (excludes halogenated alkanes) is 1. The summed E-state index contributed by atoms with van der Waals surface area (Å²) in [4.78, 5) is 1.14. The summed E-state index contributed by atoms with van der Waals surface area (Å²) in [5, 5.41) is 3.66. The van der Waals surface area contributed by atoms with Crippen LogP contribution in [0.25, 0.3) is 0 Å². The molecule has 0 bridgehead atoms. The second-order valence-electron chi connectivity index (χ2n) is 5.97. The van der Waals surface area contributed by atoms with Crippen molar-refractivity contribution in [1.82, 2.24) is 14.5 Å². The van der Waals surface area contributed by atoms with E-state index in [4.69, 9.17) is 12.2 Å². The minimum Gasteiger partial charge on any atom is -0.363 e. The van der Waals surface area contributed by atoms with Gasteiger partial charge in [0.1, 0.15) is 0 Å². The number of rotatable bonds is 5. The fourth-order valence-corrected chi connectivity index (χ4v) is 4.60. The minimum atomic E-state index is -4.73. The van der Waals surface area contributed by atoms with E-state index in [2.05, 4.69) is 12.2 Å². The lowest BCUT2D eigenvalue weighted by Crippen LogP contribution is -2.53. The monoisotopic (exact) mass is 409 g/mol. The van der Waals surface area contributed by atoms with Gasteiger partial charge in [-0.25, -0.2) is 8.42 Å². The lowest BCUT2D eigenvalue weighted by atomic mass is 10.2. The molecule has 0 unspecified atom stereocenters. The molecule has 1 N–H and O–H groups in total. The molecule has 146 valence electrons. The van der Waals surface area contributed by atoms with Crippen LogP contribution in [0, 0.1) is 0 Å². The molecule has 1 saturated heterocycles. The van der Waals surface area contributed by atoms with Crippen molar-refractivity contribution in [2.45, 2.75) is 30.8 Å². The van der Waals surface area contributed by atoms with E-state index in [1.807, 2.05) is 4.90 Å². The van der Waals surface area contributed by atoms with Gasteiger partial charge in [-0.2, -0.15) is 17.5 Å². The minimum absolute atomic E-state index is 0.0874. The Hall–Kier alpha value is -1.39. The van der Waals surface area contributed by atoms with E-state index in [1.165, 1.54) is 12.1 Å². The first kappa shape index (κ1) is 20.9. The first-order valence-electron chi connectivity index (χ1n) is 8.37. The molecule has 0 atom stereocenters. The maximum atomic E-state index is 13.1. The molecule has 1 aromatic rings. The molecule has 1 fully saturated rings.